The Morgan fingerprint density at radius 2 is 1.62 bits per heavy atom. The molecule has 0 saturated heterocycles. The van der Waals surface area contributed by atoms with Crippen molar-refractivity contribution in [1.29, 1.82) is 0 Å². The third-order valence-electron chi connectivity index (χ3n) is 4.14. The largest absolute Gasteiger partial charge is 0.468 e. The lowest BCUT2D eigenvalue weighted by Crippen LogP contribution is -2.25. The van der Waals surface area contributed by atoms with Crippen LogP contribution in [-0.2, 0) is 30.4 Å². The standard InChI is InChI=1S/C24H27NO7/c1-24(2,3)32-21(27)13-20(26)18-12-17(10-11-19(18)25-14-22(28)30-4)23(29)31-15-16-8-6-5-7-9-16/h5-12,25H,13-15H2,1-4H3. The number of rotatable bonds is 9. The highest BCUT2D eigenvalue weighted by molar-refractivity contribution is 6.10. The Bertz CT molecular complexity index is 978. The van der Waals surface area contributed by atoms with Crippen LogP contribution >= 0.6 is 0 Å². The van der Waals surface area contributed by atoms with Gasteiger partial charge in [0.15, 0.2) is 5.78 Å². The van der Waals surface area contributed by atoms with Gasteiger partial charge >= 0.3 is 17.9 Å². The number of hydrogen-bond donors (Lipinski definition) is 1. The molecule has 0 aliphatic rings. The predicted molar refractivity (Wildman–Crippen MR) is 117 cm³/mol. The molecule has 2 aromatic rings. The molecule has 32 heavy (non-hydrogen) atoms. The number of hydrogen-bond acceptors (Lipinski definition) is 8. The summed E-state index contributed by atoms with van der Waals surface area (Å²) in [5.74, 6) is -2.43. The molecule has 0 bridgehead atoms. The van der Waals surface area contributed by atoms with E-state index in [0.29, 0.717) is 0 Å². The predicted octanol–water partition coefficient (Wildman–Crippen LogP) is 3.54. The smallest absolute Gasteiger partial charge is 0.338 e. The molecule has 0 unspecified atom stereocenters. The molecule has 2 rings (SSSR count). The molecule has 1 N–H and O–H groups in total. The molecule has 0 atom stereocenters. The number of ketones is 1. The van der Waals surface area contributed by atoms with Crippen LogP contribution in [0.5, 0.6) is 0 Å². The number of carbonyl (C=O) groups excluding carboxylic acids is 4. The molecule has 0 aliphatic carbocycles. The Hall–Kier alpha value is -3.68. The van der Waals surface area contributed by atoms with Gasteiger partial charge in [0.2, 0.25) is 0 Å². The molecule has 0 saturated carbocycles. The van der Waals surface area contributed by atoms with Crippen LogP contribution in [0.4, 0.5) is 5.69 Å². The zero-order valence-corrected chi connectivity index (χ0v) is 18.6. The first kappa shape index (κ1) is 24.6. The molecule has 0 heterocycles. The number of carbonyl (C=O) groups is 4. The fourth-order valence-electron chi connectivity index (χ4n) is 2.71. The Kier molecular flexibility index (Phi) is 8.52. The lowest BCUT2D eigenvalue weighted by atomic mass is 10.0. The highest BCUT2D eigenvalue weighted by atomic mass is 16.6. The quantitative estimate of drug-likeness (QED) is 0.272. The fraction of sp³-hybridized carbons (Fsp3) is 0.333. The van der Waals surface area contributed by atoms with E-state index in [1.54, 1.807) is 20.8 Å². The Morgan fingerprint density at radius 1 is 0.938 bits per heavy atom. The summed E-state index contributed by atoms with van der Waals surface area (Å²) < 4.78 is 15.1. The van der Waals surface area contributed by atoms with E-state index in [2.05, 4.69) is 10.1 Å². The molecular weight excluding hydrogens is 414 g/mol. The van der Waals surface area contributed by atoms with Gasteiger partial charge in [0.25, 0.3) is 0 Å². The molecule has 0 aliphatic heterocycles. The van der Waals surface area contributed by atoms with Gasteiger partial charge in [0.1, 0.15) is 25.2 Å². The second-order valence-corrected chi connectivity index (χ2v) is 7.94. The van der Waals surface area contributed by atoms with Crippen LogP contribution in [0.1, 0.15) is 53.5 Å². The number of anilines is 1. The molecule has 0 spiro atoms. The normalized spacial score (nSPS) is 10.8. The van der Waals surface area contributed by atoms with Crippen LogP contribution in [0.3, 0.4) is 0 Å². The Labute approximate surface area is 186 Å². The minimum atomic E-state index is -0.744. The summed E-state index contributed by atoms with van der Waals surface area (Å²) in [5.41, 5.74) is 0.555. The first-order chi connectivity index (χ1) is 15.1. The number of Topliss-reactive ketones (excluding diaryl/α,β-unsaturated/α-hetero) is 1. The molecule has 170 valence electrons. The number of nitrogens with one attached hydrogen (secondary N) is 1. The summed E-state index contributed by atoms with van der Waals surface area (Å²) in [4.78, 5) is 48.9. The maximum Gasteiger partial charge on any atom is 0.338 e. The molecule has 8 nitrogen and oxygen atoms in total. The number of esters is 3. The van der Waals surface area contributed by atoms with Gasteiger partial charge in [-0.15, -0.1) is 0 Å². The van der Waals surface area contributed by atoms with Gasteiger partial charge in [0, 0.05) is 11.3 Å². The highest BCUT2D eigenvalue weighted by Gasteiger charge is 2.23. The van der Waals surface area contributed by atoms with Crippen molar-refractivity contribution in [2.75, 3.05) is 19.0 Å². The van der Waals surface area contributed by atoms with E-state index in [-0.39, 0.29) is 30.0 Å². The summed E-state index contributed by atoms with van der Waals surface area (Å²) in [6.45, 7) is 4.97. The Morgan fingerprint density at radius 3 is 2.25 bits per heavy atom. The van der Waals surface area contributed by atoms with Gasteiger partial charge in [0.05, 0.1) is 12.7 Å². The first-order valence-corrected chi connectivity index (χ1v) is 10.00. The Balaban J connectivity index is 2.21. The van der Waals surface area contributed by atoms with Crippen molar-refractivity contribution in [3.8, 4) is 0 Å². The molecule has 8 heteroatoms. The van der Waals surface area contributed by atoms with Crippen molar-refractivity contribution in [3.05, 3.63) is 65.2 Å². The van der Waals surface area contributed by atoms with Crippen LogP contribution in [0.15, 0.2) is 48.5 Å². The van der Waals surface area contributed by atoms with E-state index >= 15 is 0 Å². The summed E-state index contributed by atoms with van der Waals surface area (Å²) in [5, 5.41) is 2.79. The van der Waals surface area contributed by atoms with E-state index in [4.69, 9.17) is 9.47 Å². The summed E-state index contributed by atoms with van der Waals surface area (Å²) in [7, 11) is 1.24. The maximum atomic E-state index is 12.8. The van der Waals surface area contributed by atoms with E-state index in [1.807, 2.05) is 30.3 Å². The van der Waals surface area contributed by atoms with E-state index in [1.165, 1.54) is 25.3 Å². The first-order valence-electron chi connectivity index (χ1n) is 10.00. The average Bonchev–Trinajstić information content (AvgIpc) is 2.74. The SMILES string of the molecule is COC(=O)CNc1ccc(C(=O)OCc2ccccc2)cc1C(=O)CC(=O)OC(C)(C)C. The van der Waals surface area contributed by atoms with E-state index in [9.17, 15) is 19.2 Å². The van der Waals surface area contributed by atoms with Crippen LogP contribution in [0.2, 0.25) is 0 Å². The second kappa shape index (κ2) is 11.1. The molecule has 0 fully saturated rings. The average molecular weight is 441 g/mol. The lowest BCUT2D eigenvalue weighted by Gasteiger charge is -2.19. The summed E-state index contributed by atoms with van der Waals surface area (Å²) in [6, 6.07) is 13.4. The van der Waals surface area contributed by atoms with E-state index < -0.39 is 35.7 Å². The van der Waals surface area contributed by atoms with Crippen molar-refractivity contribution < 1.29 is 33.4 Å². The van der Waals surface area contributed by atoms with E-state index in [0.717, 1.165) is 5.56 Å². The molecule has 2 aromatic carbocycles. The van der Waals surface area contributed by atoms with Crippen LogP contribution < -0.4 is 5.32 Å². The molecule has 0 amide bonds. The number of benzene rings is 2. The summed E-state index contributed by atoms with van der Waals surface area (Å²) >= 11 is 0. The summed E-state index contributed by atoms with van der Waals surface area (Å²) in [6.07, 6.45) is -0.521. The van der Waals surface area contributed by atoms with Crippen LogP contribution in [0, 0.1) is 0 Å². The van der Waals surface area contributed by atoms with Crippen molar-refractivity contribution in [3.63, 3.8) is 0 Å². The lowest BCUT2D eigenvalue weighted by molar-refractivity contribution is -0.153. The minimum absolute atomic E-state index is 0.0638. The van der Waals surface area contributed by atoms with Crippen molar-refractivity contribution in [2.24, 2.45) is 0 Å². The maximum absolute atomic E-state index is 12.8. The van der Waals surface area contributed by atoms with Crippen molar-refractivity contribution in [1.82, 2.24) is 0 Å². The zero-order chi connectivity index (χ0) is 23.7. The van der Waals surface area contributed by atoms with Crippen molar-refractivity contribution in [2.45, 2.75) is 39.4 Å². The van der Waals surface area contributed by atoms with Gasteiger partial charge in [-0.1, -0.05) is 30.3 Å². The third-order valence-corrected chi connectivity index (χ3v) is 4.14. The van der Waals surface area contributed by atoms with Crippen LogP contribution in [0.25, 0.3) is 0 Å². The third kappa shape index (κ3) is 7.86. The molecule has 0 aromatic heterocycles. The molecular formula is C24H27NO7. The van der Waals surface area contributed by atoms with Gasteiger partial charge < -0.3 is 19.5 Å². The molecule has 0 radical (unpaired) electrons. The van der Waals surface area contributed by atoms with Gasteiger partial charge in [-0.05, 0) is 44.5 Å². The van der Waals surface area contributed by atoms with Gasteiger partial charge in [-0.2, -0.15) is 0 Å². The fourth-order valence-corrected chi connectivity index (χ4v) is 2.71. The topological polar surface area (TPSA) is 108 Å². The monoisotopic (exact) mass is 441 g/mol. The van der Waals surface area contributed by atoms with Gasteiger partial charge in [-0.25, -0.2) is 4.79 Å². The zero-order valence-electron chi connectivity index (χ0n) is 18.6. The second-order valence-electron chi connectivity index (χ2n) is 7.94. The number of methoxy groups -OCH3 is 1. The van der Waals surface area contributed by atoms with Crippen LogP contribution in [-0.4, -0.2) is 42.9 Å². The van der Waals surface area contributed by atoms with Gasteiger partial charge in [-0.3, -0.25) is 14.4 Å². The minimum Gasteiger partial charge on any atom is -0.468 e. The number of ether oxygens (including phenoxy) is 3. The highest BCUT2D eigenvalue weighted by Crippen LogP contribution is 2.21. The van der Waals surface area contributed by atoms with Crippen molar-refractivity contribution >= 4 is 29.4 Å².